The number of nitrogens with one attached hydrogen (secondary N) is 1. The van der Waals surface area contributed by atoms with Crippen molar-refractivity contribution in [1.82, 2.24) is 14.6 Å². The first-order valence-electron chi connectivity index (χ1n) is 9.78. The summed E-state index contributed by atoms with van der Waals surface area (Å²) in [7, 11) is 0.0985. The highest BCUT2D eigenvalue weighted by Crippen LogP contribution is 2.22. The van der Waals surface area contributed by atoms with Gasteiger partial charge in [-0.1, -0.05) is 13.8 Å². The van der Waals surface area contributed by atoms with Gasteiger partial charge < -0.3 is 4.90 Å². The highest BCUT2D eigenvalue weighted by atomic mass is 32.2. The van der Waals surface area contributed by atoms with E-state index in [0.717, 1.165) is 38.1 Å². The Hall–Kier alpha value is -1.77. The van der Waals surface area contributed by atoms with Crippen LogP contribution in [0.4, 0.5) is 0 Å². The topological polar surface area (TPSA) is 82.1 Å². The summed E-state index contributed by atoms with van der Waals surface area (Å²) in [6.45, 7) is 7.77. The minimum atomic E-state index is -3.58. The molecule has 1 saturated heterocycles. The van der Waals surface area contributed by atoms with Crippen LogP contribution in [0.2, 0.25) is 0 Å². The Morgan fingerprint density at radius 1 is 1.29 bits per heavy atom. The van der Waals surface area contributed by atoms with Gasteiger partial charge in [-0.2, -0.15) is 9.41 Å². The van der Waals surface area contributed by atoms with Crippen LogP contribution in [0, 0.1) is 5.92 Å². The fourth-order valence-corrected chi connectivity index (χ4v) is 4.52. The van der Waals surface area contributed by atoms with Gasteiger partial charge in [0.1, 0.15) is 0 Å². The van der Waals surface area contributed by atoms with Crippen molar-refractivity contribution in [3.8, 4) is 0 Å². The summed E-state index contributed by atoms with van der Waals surface area (Å²) in [5.41, 5.74) is 3.77. The fourth-order valence-electron chi connectivity index (χ4n) is 3.11. The largest absolute Gasteiger partial charge is 0.306 e. The van der Waals surface area contributed by atoms with Crippen LogP contribution < -0.4 is 5.43 Å². The fraction of sp³-hybridized carbons (Fsp3) is 0.600. The average Bonchev–Trinajstić information content (AvgIpc) is 2.71. The van der Waals surface area contributed by atoms with Crippen molar-refractivity contribution in [3.63, 3.8) is 0 Å². The summed E-state index contributed by atoms with van der Waals surface area (Å²) < 4.78 is 27.3. The van der Waals surface area contributed by atoms with Gasteiger partial charge in [0.15, 0.2) is 0 Å². The van der Waals surface area contributed by atoms with Crippen molar-refractivity contribution in [2.24, 2.45) is 11.0 Å². The molecule has 0 aromatic heterocycles. The molecule has 1 amide bonds. The van der Waals surface area contributed by atoms with E-state index in [-0.39, 0.29) is 16.8 Å². The normalized spacial score (nSPS) is 18.3. The average molecular weight is 409 g/mol. The maximum absolute atomic E-state index is 12.9. The highest BCUT2D eigenvalue weighted by Gasteiger charge is 2.30. The number of hydrogen-bond acceptors (Lipinski definition) is 5. The standard InChI is InChI=1S/C20H32N4O3S/c1-6-15(2)16(3)21-22-20(25)17-7-9-19(10-8-17)28(26,27)24(5)18-11-13-23(4)14-12-18/h7-10,15,18H,6,11-14H2,1-5H3,(H,22,25)/b21-16-/t15-/m0/s1. The van der Waals surface area contributed by atoms with Crippen molar-refractivity contribution in [3.05, 3.63) is 29.8 Å². The monoisotopic (exact) mass is 408 g/mol. The van der Waals surface area contributed by atoms with E-state index >= 15 is 0 Å². The number of likely N-dealkylation sites (tertiary alicyclic amines) is 1. The van der Waals surface area contributed by atoms with Crippen molar-refractivity contribution >= 4 is 21.6 Å². The molecule has 1 N–H and O–H groups in total. The van der Waals surface area contributed by atoms with Gasteiger partial charge in [-0.25, -0.2) is 13.8 Å². The Morgan fingerprint density at radius 3 is 2.39 bits per heavy atom. The number of nitrogens with zero attached hydrogens (tertiary/aromatic N) is 3. The Bertz CT molecular complexity index is 797. The number of hydrogen-bond donors (Lipinski definition) is 1. The van der Waals surface area contributed by atoms with Gasteiger partial charge >= 0.3 is 0 Å². The van der Waals surface area contributed by atoms with Crippen LogP contribution >= 0.6 is 0 Å². The van der Waals surface area contributed by atoms with Gasteiger partial charge in [-0.3, -0.25) is 4.79 Å². The Morgan fingerprint density at radius 2 is 1.86 bits per heavy atom. The number of carbonyl (C=O) groups is 1. The molecule has 8 heteroatoms. The third-order valence-corrected chi connectivity index (χ3v) is 7.58. The molecule has 0 unspecified atom stereocenters. The van der Waals surface area contributed by atoms with Crippen molar-refractivity contribution < 1.29 is 13.2 Å². The molecule has 1 atom stereocenters. The predicted molar refractivity (Wildman–Crippen MR) is 112 cm³/mol. The van der Waals surface area contributed by atoms with Crippen molar-refractivity contribution in [1.29, 1.82) is 0 Å². The van der Waals surface area contributed by atoms with Gasteiger partial charge in [0.25, 0.3) is 5.91 Å². The third-order valence-electron chi connectivity index (χ3n) is 5.66. The van der Waals surface area contributed by atoms with Gasteiger partial charge in [0, 0.05) is 24.4 Å². The molecule has 0 aliphatic carbocycles. The molecule has 0 saturated carbocycles. The first kappa shape index (κ1) is 22.5. The molecule has 1 heterocycles. The zero-order chi connectivity index (χ0) is 20.9. The van der Waals surface area contributed by atoms with Gasteiger partial charge in [0.05, 0.1) is 4.90 Å². The van der Waals surface area contributed by atoms with Gasteiger partial charge in [0.2, 0.25) is 10.0 Å². The Balaban J connectivity index is 2.07. The van der Waals surface area contributed by atoms with Crippen LogP contribution in [-0.2, 0) is 10.0 Å². The first-order chi connectivity index (χ1) is 13.2. The second kappa shape index (κ2) is 9.62. The Labute approximate surface area is 168 Å². The number of amides is 1. The second-order valence-corrected chi connectivity index (χ2v) is 9.58. The number of piperidine rings is 1. The van der Waals surface area contributed by atoms with Crippen LogP contribution in [0.25, 0.3) is 0 Å². The smallest absolute Gasteiger partial charge is 0.271 e. The quantitative estimate of drug-likeness (QED) is 0.555. The minimum Gasteiger partial charge on any atom is -0.306 e. The molecule has 2 rings (SSSR count). The summed E-state index contributed by atoms with van der Waals surface area (Å²) >= 11 is 0. The summed E-state index contributed by atoms with van der Waals surface area (Å²) in [5.74, 6) is -0.0572. The van der Waals surface area contributed by atoms with Crippen molar-refractivity contribution in [2.75, 3.05) is 27.2 Å². The summed E-state index contributed by atoms with van der Waals surface area (Å²) in [6.07, 6.45) is 2.59. The molecule has 28 heavy (non-hydrogen) atoms. The van der Waals surface area contributed by atoms with Gasteiger partial charge in [-0.15, -0.1) is 0 Å². The lowest BCUT2D eigenvalue weighted by molar-refractivity contribution is 0.0954. The maximum atomic E-state index is 12.9. The maximum Gasteiger partial charge on any atom is 0.271 e. The lowest BCUT2D eigenvalue weighted by Crippen LogP contribution is -2.44. The summed E-state index contributed by atoms with van der Waals surface area (Å²) in [6, 6.07) is 6.03. The zero-order valence-electron chi connectivity index (χ0n) is 17.5. The molecule has 1 aromatic carbocycles. The van der Waals surface area contributed by atoms with E-state index in [0.29, 0.717) is 11.5 Å². The molecule has 156 valence electrons. The highest BCUT2D eigenvalue weighted by molar-refractivity contribution is 7.89. The number of hydrazone groups is 1. The molecule has 0 radical (unpaired) electrons. The molecule has 1 aliphatic rings. The van der Waals surface area contributed by atoms with Crippen LogP contribution in [0.3, 0.4) is 0 Å². The van der Waals surface area contributed by atoms with E-state index in [1.54, 1.807) is 7.05 Å². The predicted octanol–water partition coefficient (Wildman–Crippen LogP) is 2.55. The number of sulfonamides is 1. The Kier molecular flexibility index (Phi) is 7.74. The lowest BCUT2D eigenvalue weighted by Gasteiger charge is -2.34. The lowest BCUT2D eigenvalue weighted by atomic mass is 10.1. The second-order valence-electron chi connectivity index (χ2n) is 7.58. The molecular weight excluding hydrogens is 376 g/mol. The molecular formula is C20H32N4O3S. The first-order valence-corrected chi connectivity index (χ1v) is 11.2. The SMILES string of the molecule is CC[C@H](C)/C(C)=N\NC(=O)c1ccc(S(=O)(=O)N(C)C2CCN(C)CC2)cc1. The van der Waals surface area contributed by atoms with Crippen LogP contribution in [0.5, 0.6) is 0 Å². The molecule has 0 bridgehead atoms. The van der Waals surface area contributed by atoms with Crippen molar-refractivity contribution in [2.45, 2.75) is 51.0 Å². The third kappa shape index (κ3) is 5.40. The number of rotatable bonds is 7. The minimum absolute atomic E-state index is 0.00189. The van der Waals surface area contributed by atoms with Gasteiger partial charge in [-0.05, 0) is 76.5 Å². The van der Waals surface area contributed by atoms with Crippen LogP contribution in [-0.4, -0.2) is 62.5 Å². The molecule has 0 spiro atoms. The van der Waals surface area contributed by atoms with Crippen LogP contribution in [0.1, 0.15) is 50.4 Å². The molecule has 7 nitrogen and oxygen atoms in total. The number of carbonyl (C=O) groups excluding carboxylic acids is 1. The zero-order valence-corrected chi connectivity index (χ0v) is 18.3. The summed E-state index contributed by atoms with van der Waals surface area (Å²) in [4.78, 5) is 14.7. The van der Waals surface area contributed by atoms with E-state index in [9.17, 15) is 13.2 Å². The van der Waals surface area contributed by atoms with Crippen LogP contribution in [0.15, 0.2) is 34.3 Å². The molecule has 1 fully saturated rings. The molecule has 1 aliphatic heterocycles. The van der Waals surface area contributed by atoms with E-state index < -0.39 is 10.0 Å². The van der Waals surface area contributed by atoms with E-state index in [2.05, 4.69) is 22.4 Å². The van der Waals surface area contributed by atoms with E-state index in [1.165, 1.54) is 28.6 Å². The molecule has 1 aromatic rings. The summed E-state index contributed by atoms with van der Waals surface area (Å²) in [5, 5.41) is 4.12. The van der Waals surface area contributed by atoms with E-state index in [4.69, 9.17) is 0 Å². The van der Waals surface area contributed by atoms with E-state index in [1.807, 2.05) is 20.9 Å². The number of benzene rings is 1.